The third-order valence-electron chi connectivity index (χ3n) is 2.94. The Morgan fingerprint density at radius 3 is 2.95 bits per heavy atom. The lowest BCUT2D eigenvalue weighted by molar-refractivity contribution is -0.109. The van der Waals surface area contributed by atoms with E-state index in [0.717, 1.165) is 19.1 Å². The lowest BCUT2D eigenvalue weighted by atomic mass is 10.1. The number of para-hydroxylation sites is 1. The number of carbonyl (C=O) groups excluding carboxylic acids is 2. The topological polar surface area (TPSA) is 55.4 Å². The zero-order chi connectivity index (χ0) is 13.5. The van der Waals surface area contributed by atoms with Gasteiger partial charge in [-0.2, -0.15) is 0 Å². The zero-order valence-corrected chi connectivity index (χ0v) is 10.7. The van der Waals surface area contributed by atoms with E-state index < -0.39 is 6.04 Å². The number of carbonyl (C=O) groups is 2. The van der Waals surface area contributed by atoms with Crippen LogP contribution in [-0.2, 0) is 4.79 Å². The van der Waals surface area contributed by atoms with Gasteiger partial charge in [0.05, 0.1) is 18.2 Å². The Labute approximate surface area is 112 Å². The monoisotopic (exact) mass is 259 g/mol. The molecular formula is C15H17NO3. The first-order valence-corrected chi connectivity index (χ1v) is 6.44. The van der Waals surface area contributed by atoms with Crippen molar-refractivity contribution in [1.82, 2.24) is 5.32 Å². The Hall–Kier alpha value is -2.10. The Kier molecular flexibility index (Phi) is 4.72. The highest BCUT2D eigenvalue weighted by molar-refractivity contribution is 5.98. The number of fused-ring (bicyclic) bond motifs is 1. The molecular weight excluding hydrogens is 242 g/mol. The predicted molar refractivity (Wildman–Crippen MR) is 72.2 cm³/mol. The molecule has 0 unspecified atom stereocenters. The number of hydrogen-bond donors (Lipinski definition) is 1. The first-order valence-electron chi connectivity index (χ1n) is 6.44. The summed E-state index contributed by atoms with van der Waals surface area (Å²) in [5.41, 5.74) is 0.471. The van der Waals surface area contributed by atoms with Crippen molar-refractivity contribution in [3.63, 3.8) is 0 Å². The largest absolute Gasteiger partial charge is 0.493 e. The van der Waals surface area contributed by atoms with E-state index in [1.807, 2.05) is 18.2 Å². The molecule has 1 aromatic carbocycles. The van der Waals surface area contributed by atoms with E-state index in [0.29, 0.717) is 24.3 Å². The van der Waals surface area contributed by atoms with Crippen molar-refractivity contribution in [1.29, 1.82) is 0 Å². The minimum absolute atomic E-state index is 0.276. The Morgan fingerprint density at radius 2 is 2.11 bits per heavy atom. The van der Waals surface area contributed by atoms with Crippen molar-refractivity contribution in [2.24, 2.45) is 0 Å². The lowest BCUT2D eigenvalue weighted by Gasteiger charge is -2.15. The molecule has 4 heteroatoms. The zero-order valence-electron chi connectivity index (χ0n) is 10.7. The molecule has 19 heavy (non-hydrogen) atoms. The number of benzene rings is 1. The Morgan fingerprint density at radius 1 is 1.26 bits per heavy atom. The number of amides is 1. The van der Waals surface area contributed by atoms with Crippen molar-refractivity contribution >= 4 is 12.2 Å². The minimum Gasteiger partial charge on any atom is -0.493 e. The van der Waals surface area contributed by atoms with Gasteiger partial charge >= 0.3 is 0 Å². The molecule has 1 aliphatic rings. The van der Waals surface area contributed by atoms with Crippen LogP contribution in [0.1, 0.15) is 29.6 Å². The van der Waals surface area contributed by atoms with Gasteiger partial charge in [0.1, 0.15) is 12.0 Å². The van der Waals surface area contributed by atoms with Crippen LogP contribution in [0.3, 0.4) is 0 Å². The van der Waals surface area contributed by atoms with Gasteiger partial charge in [-0.15, -0.1) is 0 Å². The average Bonchev–Trinajstić information content (AvgIpc) is 2.43. The fraction of sp³-hybridized carbons (Fsp3) is 0.333. The molecule has 100 valence electrons. The molecule has 0 aromatic heterocycles. The molecule has 0 fully saturated rings. The van der Waals surface area contributed by atoms with Gasteiger partial charge in [-0.3, -0.25) is 4.79 Å². The molecule has 0 radical (unpaired) electrons. The summed E-state index contributed by atoms with van der Waals surface area (Å²) in [6, 6.07) is 6.59. The van der Waals surface area contributed by atoms with Gasteiger partial charge in [0, 0.05) is 0 Å². The second-order valence-corrected chi connectivity index (χ2v) is 4.41. The van der Waals surface area contributed by atoms with Crippen LogP contribution in [0.25, 0.3) is 0 Å². The minimum atomic E-state index is -0.490. The fourth-order valence-corrected chi connectivity index (χ4v) is 1.92. The summed E-state index contributed by atoms with van der Waals surface area (Å²) in [4.78, 5) is 23.1. The summed E-state index contributed by atoms with van der Waals surface area (Å²) in [5.74, 6) is 0.288. The highest BCUT2D eigenvalue weighted by atomic mass is 16.5. The summed E-state index contributed by atoms with van der Waals surface area (Å²) in [5, 5.41) is 2.70. The second kappa shape index (κ2) is 6.73. The van der Waals surface area contributed by atoms with E-state index in [2.05, 4.69) is 5.32 Å². The quantitative estimate of drug-likeness (QED) is 0.620. The molecule has 0 spiro atoms. The van der Waals surface area contributed by atoms with Gasteiger partial charge in [0.15, 0.2) is 0 Å². The molecule has 0 aliphatic carbocycles. The predicted octanol–water partition coefficient (Wildman–Crippen LogP) is 2.10. The molecule has 1 amide bonds. The highest BCUT2D eigenvalue weighted by Gasteiger charge is 2.16. The molecule has 0 bridgehead atoms. The van der Waals surface area contributed by atoms with Gasteiger partial charge in [-0.1, -0.05) is 24.3 Å². The molecule has 4 nitrogen and oxygen atoms in total. The van der Waals surface area contributed by atoms with E-state index >= 15 is 0 Å². The molecule has 1 atom stereocenters. The average molecular weight is 259 g/mol. The van der Waals surface area contributed by atoms with Gasteiger partial charge in [0.25, 0.3) is 5.91 Å². The van der Waals surface area contributed by atoms with E-state index in [9.17, 15) is 9.59 Å². The van der Waals surface area contributed by atoms with Crippen molar-refractivity contribution in [3.05, 3.63) is 42.0 Å². The summed E-state index contributed by atoms with van der Waals surface area (Å²) in [7, 11) is 0. The van der Waals surface area contributed by atoms with Crippen LogP contribution >= 0.6 is 0 Å². The summed E-state index contributed by atoms with van der Waals surface area (Å²) >= 11 is 0. The van der Waals surface area contributed by atoms with Crippen LogP contribution < -0.4 is 10.1 Å². The van der Waals surface area contributed by atoms with Gasteiger partial charge < -0.3 is 14.8 Å². The SMILES string of the molecule is O=C[C@@H]1C/C=C/CCCOc2ccccc2C(=O)N1. The Bertz CT molecular complexity index is 482. The van der Waals surface area contributed by atoms with E-state index in [4.69, 9.17) is 4.74 Å². The van der Waals surface area contributed by atoms with Gasteiger partial charge in [0.2, 0.25) is 0 Å². The van der Waals surface area contributed by atoms with Crippen LogP contribution in [0.15, 0.2) is 36.4 Å². The molecule has 2 rings (SSSR count). The van der Waals surface area contributed by atoms with E-state index in [1.165, 1.54) is 0 Å². The summed E-state index contributed by atoms with van der Waals surface area (Å²) in [6.45, 7) is 0.575. The third kappa shape index (κ3) is 3.68. The number of aldehydes is 1. The number of nitrogens with one attached hydrogen (secondary N) is 1. The highest BCUT2D eigenvalue weighted by Crippen LogP contribution is 2.18. The van der Waals surface area contributed by atoms with Gasteiger partial charge in [-0.25, -0.2) is 0 Å². The van der Waals surface area contributed by atoms with Gasteiger partial charge in [-0.05, 0) is 31.4 Å². The normalized spacial score (nSPS) is 21.9. The molecule has 1 N–H and O–H groups in total. The van der Waals surface area contributed by atoms with Crippen LogP contribution in [0.5, 0.6) is 5.75 Å². The molecule has 0 saturated carbocycles. The third-order valence-corrected chi connectivity index (χ3v) is 2.94. The van der Waals surface area contributed by atoms with Crippen molar-refractivity contribution in [3.8, 4) is 5.75 Å². The number of ether oxygens (including phenoxy) is 1. The molecule has 1 aromatic rings. The maximum Gasteiger partial charge on any atom is 0.255 e. The first kappa shape index (κ1) is 13.3. The number of rotatable bonds is 1. The van der Waals surface area contributed by atoms with Crippen molar-refractivity contribution < 1.29 is 14.3 Å². The Balaban J connectivity index is 2.23. The lowest BCUT2D eigenvalue weighted by Crippen LogP contribution is -2.35. The summed E-state index contributed by atoms with van der Waals surface area (Å²) in [6.07, 6.45) is 7.02. The fourth-order valence-electron chi connectivity index (χ4n) is 1.92. The number of hydrogen-bond acceptors (Lipinski definition) is 3. The van der Waals surface area contributed by atoms with E-state index in [-0.39, 0.29) is 5.91 Å². The molecule has 0 saturated heterocycles. The standard InChI is InChI=1S/C15H17NO3/c17-11-12-7-3-1-2-6-10-19-14-9-5-4-8-13(14)15(18)16-12/h1,3-5,8-9,11-12H,2,6-7,10H2,(H,16,18)/b3-1+/t12-/m0/s1. The smallest absolute Gasteiger partial charge is 0.255 e. The maximum atomic E-state index is 12.1. The first-order chi connectivity index (χ1) is 9.31. The molecule has 1 heterocycles. The van der Waals surface area contributed by atoms with Crippen LogP contribution in [-0.4, -0.2) is 24.8 Å². The van der Waals surface area contributed by atoms with Crippen molar-refractivity contribution in [2.75, 3.05) is 6.61 Å². The molecule has 1 aliphatic heterocycles. The second-order valence-electron chi connectivity index (χ2n) is 4.41. The van der Waals surface area contributed by atoms with Crippen LogP contribution in [0.2, 0.25) is 0 Å². The summed E-state index contributed by atoms with van der Waals surface area (Å²) < 4.78 is 5.62. The maximum absolute atomic E-state index is 12.1. The van der Waals surface area contributed by atoms with Crippen LogP contribution in [0.4, 0.5) is 0 Å². The van der Waals surface area contributed by atoms with Crippen molar-refractivity contribution in [2.45, 2.75) is 25.3 Å². The number of allylic oxidation sites excluding steroid dienone is 1. The van der Waals surface area contributed by atoms with E-state index in [1.54, 1.807) is 18.2 Å². The van der Waals surface area contributed by atoms with Crippen LogP contribution in [0, 0.1) is 0 Å².